The molecule has 3 aromatic rings. The lowest BCUT2D eigenvalue weighted by atomic mass is 10.2. The molecule has 2 aromatic heterocycles. The SMILES string of the molecule is CCCN(c1ccncc1)n1cc(CN)c2ccccc21. The maximum Gasteiger partial charge on any atom is 0.0702 e. The molecule has 0 atom stereocenters. The van der Waals surface area contributed by atoms with E-state index in [1.54, 1.807) is 0 Å². The molecule has 3 rings (SSSR count). The van der Waals surface area contributed by atoms with Crippen LogP contribution in [0.5, 0.6) is 0 Å². The van der Waals surface area contributed by atoms with E-state index in [1.807, 2.05) is 24.5 Å². The average Bonchev–Trinajstić information content (AvgIpc) is 2.92. The van der Waals surface area contributed by atoms with Crippen LogP contribution < -0.4 is 10.7 Å². The van der Waals surface area contributed by atoms with Gasteiger partial charge in [0, 0.05) is 37.1 Å². The van der Waals surface area contributed by atoms with E-state index in [1.165, 1.54) is 16.5 Å². The van der Waals surface area contributed by atoms with Gasteiger partial charge >= 0.3 is 0 Å². The van der Waals surface area contributed by atoms with Crippen LogP contribution in [0.25, 0.3) is 10.9 Å². The zero-order valence-corrected chi connectivity index (χ0v) is 12.2. The minimum absolute atomic E-state index is 0.545. The molecule has 0 aliphatic rings. The highest BCUT2D eigenvalue weighted by molar-refractivity contribution is 5.84. The number of anilines is 1. The third-order valence-electron chi connectivity index (χ3n) is 3.65. The van der Waals surface area contributed by atoms with Gasteiger partial charge in [0.25, 0.3) is 0 Å². The molecule has 0 radical (unpaired) electrons. The summed E-state index contributed by atoms with van der Waals surface area (Å²) in [5, 5.41) is 3.48. The zero-order chi connectivity index (χ0) is 14.7. The molecule has 4 heteroatoms. The number of nitrogens with two attached hydrogens (primary N) is 1. The van der Waals surface area contributed by atoms with Crippen molar-refractivity contribution in [2.45, 2.75) is 19.9 Å². The van der Waals surface area contributed by atoms with Crippen molar-refractivity contribution < 1.29 is 0 Å². The summed E-state index contributed by atoms with van der Waals surface area (Å²) >= 11 is 0. The lowest BCUT2D eigenvalue weighted by Crippen LogP contribution is -2.29. The minimum Gasteiger partial charge on any atom is -0.326 e. The second kappa shape index (κ2) is 5.97. The Morgan fingerprint density at radius 1 is 1.14 bits per heavy atom. The van der Waals surface area contributed by atoms with Crippen molar-refractivity contribution in [1.82, 2.24) is 9.66 Å². The van der Waals surface area contributed by atoms with Gasteiger partial charge in [0.15, 0.2) is 0 Å². The van der Waals surface area contributed by atoms with Crippen molar-refractivity contribution >= 4 is 16.6 Å². The lowest BCUT2D eigenvalue weighted by molar-refractivity contribution is 0.693. The number of nitrogens with zero attached hydrogens (tertiary/aromatic N) is 3. The zero-order valence-electron chi connectivity index (χ0n) is 12.2. The third-order valence-corrected chi connectivity index (χ3v) is 3.65. The van der Waals surface area contributed by atoms with Crippen molar-refractivity contribution in [3.05, 3.63) is 60.6 Å². The molecule has 108 valence electrons. The van der Waals surface area contributed by atoms with Gasteiger partial charge in [0.2, 0.25) is 0 Å². The number of pyridine rings is 1. The fraction of sp³-hybridized carbons (Fsp3) is 0.235. The first-order chi connectivity index (χ1) is 10.3. The first kappa shape index (κ1) is 13.6. The summed E-state index contributed by atoms with van der Waals surface area (Å²) in [4.78, 5) is 4.11. The smallest absolute Gasteiger partial charge is 0.0702 e. The van der Waals surface area contributed by atoms with E-state index >= 15 is 0 Å². The summed E-state index contributed by atoms with van der Waals surface area (Å²) < 4.78 is 2.20. The van der Waals surface area contributed by atoms with Gasteiger partial charge in [0.05, 0.1) is 11.2 Å². The largest absolute Gasteiger partial charge is 0.326 e. The van der Waals surface area contributed by atoms with Crippen LogP contribution in [0.2, 0.25) is 0 Å². The Morgan fingerprint density at radius 2 is 1.90 bits per heavy atom. The highest BCUT2D eigenvalue weighted by Gasteiger charge is 2.13. The predicted molar refractivity (Wildman–Crippen MR) is 87.1 cm³/mol. The molecule has 0 spiro atoms. The van der Waals surface area contributed by atoms with Crippen LogP contribution in [-0.2, 0) is 6.54 Å². The van der Waals surface area contributed by atoms with Gasteiger partial charge in [-0.05, 0) is 30.2 Å². The van der Waals surface area contributed by atoms with Crippen molar-refractivity contribution in [2.75, 3.05) is 11.6 Å². The molecule has 0 fully saturated rings. The van der Waals surface area contributed by atoms with Gasteiger partial charge in [-0.3, -0.25) is 14.7 Å². The molecule has 0 amide bonds. The molecule has 0 aliphatic heterocycles. The normalized spacial score (nSPS) is 11.0. The van der Waals surface area contributed by atoms with Crippen LogP contribution >= 0.6 is 0 Å². The van der Waals surface area contributed by atoms with E-state index in [0.717, 1.165) is 18.7 Å². The Morgan fingerprint density at radius 3 is 2.62 bits per heavy atom. The first-order valence-electron chi connectivity index (χ1n) is 7.32. The Labute approximate surface area is 124 Å². The maximum atomic E-state index is 5.90. The van der Waals surface area contributed by atoms with Crippen molar-refractivity contribution in [3.63, 3.8) is 0 Å². The average molecular weight is 280 g/mol. The minimum atomic E-state index is 0.545. The number of fused-ring (bicyclic) bond motifs is 1. The van der Waals surface area contributed by atoms with Crippen LogP contribution in [0, 0.1) is 0 Å². The van der Waals surface area contributed by atoms with Gasteiger partial charge in [-0.25, -0.2) is 0 Å². The molecule has 0 aliphatic carbocycles. The number of para-hydroxylation sites is 1. The summed E-state index contributed by atoms with van der Waals surface area (Å²) in [6.45, 7) is 3.67. The summed E-state index contributed by atoms with van der Waals surface area (Å²) in [6.07, 6.45) is 6.86. The van der Waals surface area contributed by atoms with Crippen LogP contribution in [0.3, 0.4) is 0 Å². The number of hydrogen-bond acceptors (Lipinski definition) is 3. The van der Waals surface area contributed by atoms with E-state index in [2.05, 4.69) is 52.1 Å². The van der Waals surface area contributed by atoms with Crippen LogP contribution in [0.4, 0.5) is 5.69 Å². The predicted octanol–water partition coefficient (Wildman–Crippen LogP) is 3.17. The van der Waals surface area contributed by atoms with Gasteiger partial charge < -0.3 is 5.73 Å². The molecule has 0 saturated carbocycles. The van der Waals surface area contributed by atoms with Crippen LogP contribution in [0.1, 0.15) is 18.9 Å². The molecule has 4 nitrogen and oxygen atoms in total. The molecule has 2 heterocycles. The van der Waals surface area contributed by atoms with Crippen molar-refractivity contribution in [3.8, 4) is 0 Å². The Balaban J connectivity index is 2.16. The summed E-state index contributed by atoms with van der Waals surface area (Å²) in [7, 11) is 0. The van der Waals surface area contributed by atoms with Gasteiger partial charge in [0.1, 0.15) is 0 Å². The van der Waals surface area contributed by atoms with E-state index in [0.29, 0.717) is 6.54 Å². The molecular formula is C17H20N4. The standard InChI is InChI=1S/C17H20N4/c1-2-11-20(15-7-9-19-10-8-15)21-13-14(12-18)16-5-3-4-6-17(16)21/h3-10,13H,2,11-12,18H2,1H3. The Kier molecular flexibility index (Phi) is 3.88. The molecular weight excluding hydrogens is 260 g/mol. The first-order valence-corrected chi connectivity index (χ1v) is 7.32. The van der Waals surface area contributed by atoms with Gasteiger partial charge in [-0.1, -0.05) is 25.1 Å². The third kappa shape index (κ3) is 2.50. The molecule has 21 heavy (non-hydrogen) atoms. The lowest BCUT2D eigenvalue weighted by Gasteiger charge is -2.26. The van der Waals surface area contributed by atoms with Crippen LogP contribution in [-0.4, -0.2) is 16.2 Å². The topological polar surface area (TPSA) is 47.1 Å². The van der Waals surface area contributed by atoms with Crippen molar-refractivity contribution in [1.29, 1.82) is 0 Å². The van der Waals surface area contributed by atoms with Gasteiger partial charge in [-0.15, -0.1) is 0 Å². The molecule has 0 unspecified atom stereocenters. The number of aromatic nitrogens is 2. The van der Waals surface area contributed by atoms with E-state index in [9.17, 15) is 0 Å². The number of rotatable bonds is 5. The van der Waals surface area contributed by atoms with E-state index in [-0.39, 0.29) is 0 Å². The Hall–Kier alpha value is -2.33. The van der Waals surface area contributed by atoms with E-state index < -0.39 is 0 Å². The fourth-order valence-electron chi connectivity index (χ4n) is 2.68. The maximum absolute atomic E-state index is 5.90. The summed E-state index contributed by atoms with van der Waals surface area (Å²) in [5.74, 6) is 0. The van der Waals surface area contributed by atoms with E-state index in [4.69, 9.17) is 5.73 Å². The highest BCUT2D eigenvalue weighted by atomic mass is 15.5. The molecule has 1 aromatic carbocycles. The second-order valence-electron chi connectivity index (χ2n) is 5.05. The summed E-state index contributed by atoms with van der Waals surface area (Å²) in [6, 6.07) is 12.5. The van der Waals surface area contributed by atoms with Crippen LogP contribution in [0.15, 0.2) is 55.0 Å². The number of benzene rings is 1. The second-order valence-corrected chi connectivity index (χ2v) is 5.05. The Bertz CT molecular complexity index is 718. The molecule has 0 saturated heterocycles. The molecule has 0 bridgehead atoms. The quantitative estimate of drug-likeness (QED) is 0.781. The fourth-order valence-corrected chi connectivity index (χ4v) is 2.68. The monoisotopic (exact) mass is 280 g/mol. The molecule has 2 N–H and O–H groups in total. The van der Waals surface area contributed by atoms with Gasteiger partial charge in [-0.2, -0.15) is 0 Å². The highest BCUT2D eigenvalue weighted by Crippen LogP contribution is 2.24. The van der Waals surface area contributed by atoms with Crippen molar-refractivity contribution in [2.24, 2.45) is 5.73 Å². The number of hydrogen-bond donors (Lipinski definition) is 1. The summed E-state index contributed by atoms with van der Waals surface area (Å²) in [5.41, 5.74) is 9.39.